The van der Waals surface area contributed by atoms with Crippen molar-refractivity contribution in [1.82, 2.24) is 15.0 Å². The van der Waals surface area contributed by atoms with Crippen molar-refractivity contribution >= 4 is 10.1 Å². The Morgan fingerprint density at radius 2 is 2.25 bits per heavy atom. The number of aromatic nitrogens is 3. The van der Waals surface area contributed by atoms with Gasteiger partial charge in [0.2, 0.25) is 0 Å². The molecule has 0 bridgehead atoms. The van der Waals surface area contributed by atoms with Gasteiger partial charge in [-0.2, -0.15) is 8.42 Å². The fraction of sp³-hybridized carbons (Fsp3) is 0.500. The molecule has 0 radical (unpaired) electrons. The Labute approximate surface area is 166 Å². The van der Waals surface area contributed by atoms with Crippen LogP contribution in [-0.4, -0.2) is 49.0 Å². The highest BCUT2D eigenvalue weighted by Gasteiger charge is 2.17. The lowest BCUT2D eigenvalue weighted by Gasteiger charge is -2.21. The van der Waals surface area contributed by atoms with Crippen molar-refractivity contribution in [3.05, 3.63) is 47.3 Å². The molecular formula is C20H25N3O4S. The third-order valence-electron chi connectivity index (χ3n) is 4.63. The highest BCUT2D eigenvalue weighted by Crippen LogP contribution is 2.23. The van der Waals surface area contributed by atoms with Gasteiger partial charge >= 0.3 is 0 Å². The maximum atomic E-state index is 11.0. The van der Waals surface area contributed by atoms with Crippen molar-refractivity contribution in [1.29, 1.82) is 0 Å². The molecule has 1 aliphatic rings. The average Bonchev–Trinajstić information content (AvgIpc) is 3.13. The Balaban J connectivity index is 1.64. The second-order valence-corrected chi connectivity index (χ2v) is 8.61. The van der Waals surface area contributed by atoms with E-state index in [4.69, 9.17) is 4.74 Å². The van der Waals surface area contributed by atoms with Gasteiger partial charge in [0, 0.05) is 24.3 Å². The summed E-state index contributed by atoms with van der Waals surface area (Å²) in [5, 5.41) is 8.57. The second kappa shape index (κ2) is 9.32. The Hall–Kier alpha value is -2.21. The van der Waals surface area contributed by atoms with E-state index in [1.54, 1.807) is 0 Å². The van der Waals surface area contributed by atoms with Crippen molar-refractivity contribution in [3.8, 4) is 11.8 Å². The number of ether oxygens (including phenoxy) is 1. The van der Waals surface area contributed by atoms with Gasteiger partial charge in [-0.25, -0.2) is 4.68 Å². The van der Waals surface area contributed by atoms with Crippen LogP contribution in [0.25, 0.3) is 0 Å². The van der Waals surface area contributed by atoms with E-state index < -0.39 is 10.1 Å². The summed E-state index contributed by atoms with van der Waals surface area (Å²) in [6.45, 7) is 3.47. The standard InChI is InChI=1S/C20H25N3O4S/c1-16(20-15-23(22-21-20)14-19-10-3-4-11-26-19)18-9-5-7-17(13-18)8-6-12-27-28(2,24)25/h5,7,9,13,15-16,19H,3-4,10-12,14H2,1-2H3. The van der Waals surface area contributed by atoms with Crippen LogP contribution in [-0.2, 0) is 25.6 Å². The molecule has 28 heavy (non-hydrogen) atoms. The maximum absolute atomic E-state index is 11.0. The van der Waals surface area contributed by atoms with E-state index in [0.717, 1.165) is 49.1 Å². The molecule has 0 N–H and O–H groups in total. The van der Waals surface area contributed by atoms with Crippen LogP contribution in [0.2, 0.25) is 0 Å². The number of benzene rings is 1. The fourth-order valence-electron chi connectivity index (χ4n) is 3.09. The van der Waals surface area contributed by atoms with Crippen LogP contribution < -0.4 is 0 Å². The maximum Gasteiger partial charge on any atom is 0.265 e. The first-order valence-electron chi connectivity index (χ1n) is 9.35. The lowest BCUT2D eigenvalue weighted by Crippen LogP contribution is -2.24. The van der Waals surface area contributed by atoms with E-state index in [0.29, 0.717) is 0 Å². The summed E-state index contributed by atoms with van der Waals surface area (Å²) in [6.07, 6.45) is 6.59. The van der Waals surface area contributed by atoms with E-state index in [9.17, 15) is 8.42 Å². The minimum absolute atomic E-state index is 0.0649. The summed E-state index contributed by atoms with van der Waals surface area (Å²) in [6, 6.07) is 7.79. The molecule has 3 rings (SSSR count). The Kier molecular flexibility index (Phi) is 6.83. The Morgan fingerprint density at radius 1 is 1.39 bits per heavy atom. The molecular weight excluding hydrogens is 378 g/mol. The zero-order chi connectivity index (χ0) is 20.0. The molecule has 2 atom stereocenters. The monoisotopic (exact) mass is 403 g/mol. The van der Waals surface area contributed by atoms with Crippen molar-refractivity contribution in [2.45, 2.75) is 44.8 Å². The van der Waals surface area contributed by atoms with E-state index in [1.807, 2.05) is 35.1 Å². The van der Waals surface area contributed by atoms with Crippen LogP contribution in [0.1, 0.15) is 48.9 Å². The predicted molar refractivity (Wildman–Crippen MR) is 105 cm³/mol. The van der Waals surface area contributed by atoms with Gasteiger partial charge in [0.15, 0.2) is 0 Å². The molecule has 2 unspecified atom stereocenters. The number of hydrogen-bond acceptors (Lipinski definition) is 6. The Bertz CT molecular complexity index is 953. The van der Waals surface area contributed by atoms with Crippen LogP contribution in [0, 0.1) is 11.8 Å². The topological polar surface area (TPSA) is 83.3 Å². The quantitative estimate of drug-likeness (QED) is 0.544. The smallest absolute Gasteiger partial charge is 0.265 e. The van der Waals surface area contributed by atoms with Gasteiger partial charge in [0.1, 0.15) is 6.61 Å². The largest absolute Gasteiger partial charge is 0.376 e. The molecule has 0 saturated carbocycles. The zero-order valence-electron chi connectivity index (χ0n) is 16.2. The molecule has 2 heterocycles. The van der Waals surface area contributed by atoms with Gasteiger partial charge in [0.25, 0.3) is 10.1 Å². The highest BCUT2D eigenvalue weighted by molar-refractivity contribution is 7.86. The summed E-state index contributed by atoms with van der Waals surface area (Å²) in [7, 11) is -3.47. The molecule has 1 aromatic carbocycles. The van der Waals surface area contributed by atoms with Crippen LogP contribution in [0.5, 0.6) is 0 Å². The van der Waals surface area contributed by atoms with Crippen LogP contribution in [0.4, 0.5) is 0 Å². The van der Waals surface area contributed by atoms with Crippen molar-refractivity contribution < 1.29 is 17.3 Å². The summed E-state index contributed by atoms with van der Waals surface area (Å²) in [4.78, 5) is 0. The number of hydrogen-bond donors (Lipinski definition) is 0. The van der Waals surface area contributed by atoms with Crippen molar-refractivity contribution in [2.24, 2.45) is 0 Å². The Morgan fingerprint density at radius 3 is 3.00 bits per heavy atom. The molecule has 1 fully saturated rings. The first-order chi connectivity index (χ1) is 13.4. The van der Waals surface area contributed by atoms with Crippen LogP contribution in [0.3, 0.4) is 0 Å². The molecule has 0 spiro atoms. The molecule has 150 valence electrons. The predicted octanol–water partition coefficient (Wildman–Crippen LogP) is 2.33. The molecule has 7 nitrogen and oxygen atoms in total. The number of rotatable bonds is 6. The molecule has 1 aliphatic heterocycles. The minimum atomic E-state index is -3.47. The van der Waals surface area contributed by atoms with Gasteiger partial charge in [-0.3, -0.25) is 4.18 Å². The highest BCUT2D eigenvalue weighted by atomic mass is 32.2. The minimum Gasteiger partial charge on any atom is -0.376 e. The second-order valence-electron chi connectivity index (χ2n) is 6.97. The molecule has 0 aliphatic carbocycles. The van der Waals surface area contributed by atoms with Crippen LogP contribution >= 0.6 is 0 Å². The lowest BCUT2D eigenvalue weighted by molar-refractivity contribution is 0.00369. The zero-order valence-corrected chi connectivity index (χ0v) is 17.0. The molecule has 1 aromatic heterocycles. The lowest BCUT2D eigenvalue weighted by atomic mass is 9.96. The van der Waals surface area contributed by atoms with Crippen LogP contribution in [0.15, 0.2) is 30.5 Å². The fourth-order valence-corrected chi connectivity index (χ4v) is 3.37. The molecule has 2 aromatic rings. The third kappa shape index (κ3) is 6.16. The summed E-state index contributed by atoms with van der Waals surface area (Å²) < 4.78 is 34.2. The van der Waals surface area contributed by atoms with Gasteiger partial charge in [0.05, 0.1) is 24.6 Å². The summed E-state index contributed by atoms with van der Waals surface area (Å²) in [5.41, 5.74) is 2.75. The summed E-state index contributed by atoms with van der Waals surface area (Å²) >= 11 is 0. The molecule has 0 amide bonds. The van der Waals surface area contributed by atoms with E-state index in [2.05, 4.69) is 33.3 Å². The third-order valence-corrected chi connectivity index (χ3v) is 5.18. The van der Waals surface area contributed by atoms with Gasteiger partial charge < -0.3 is 4.74 Å². The van der Waals surface area contributed by atoms with Gasteiger partial charge in [-0.1, -0.05) is 36.1 Å². The molecule has 8 heteroatoms. The first-order valence-corrected chi connectivity index (χ1v) is 11.2. The van der Waals surface area contributed by atoms with E-state index in [-0.39, 0.29) is 18.6 Å². The van der Waals surface area contributed by atoms with E-state index >= 15 is 0 Å². The normalized spacial score (nSPS) is 18.3. The number of nitrogens with zero attached hydrogens (tertiary/aromatic N) is 3. The van der Waals surface area contributed by atoms with Crippen molar-refractivity contribution in [2.75, 3.05) is 19.5 Å². The summed E-state index contributed by atoms with van der Waals surface area (Å²) in [5.74, 6) is 5.71. The van der Waals surface area contributed by atoms with E-state index in [1.165, 1.54) is 6.42 Å². The SMILES string of the molecule is CC(c1cccc(C#CCOS(C)(=O)=O)c1)c1cn(CC2CCCCO2)nn1. The first kappa shape index (κ1) is 20.5. The van der Waals surface area contributed by atoms with Gasteiger partial charge in [-0.05, 0) is 37.0 Å². The average molecular weight is 404 g/mol. The van der Waals surface area contributed by atoms with Crippen molar-refractivity contribution in [3.63, 3.8) is 0 Å². The van der Waals surface area contributed by atoms with Gasteiger partial charge in [-0.15, -0.1) is 5.10 Å². The molecule has 1 saturated heterocycles.